The van der Waals surface area contributed by atoms with Gasteiger partial charge in [0.2, 0.25) is 0 Å². The number of ether oxygens (including phenoxy) is 2. The van der Waals surface area contributed by atoms with Crippen molar-refractivity contribution >= 4 is 5.97 Å². The highest BCUT2D eigenvalue weighted by Gasteiger charge is 2.32. The predicted octanol–water partition coefficient (Wildman–Crippen LogP) is 8.38. The summed E-state index contributed by atoms with van der Waals surface area (Å²) in [4.78, 5) is 12.6. The van der Waals surface area contributed by atoms with E-state index in [0.717, 1.165) is 44.6 Å². The lowest BCUT2D eigenvalue weighted by atomic mass is 9.75. The Morgan fingerprint density at radius 3 is 2.12 bits per heavy atom. The van der Waals surface area contributed by atoms with E-state index < -0.39 is 23.4 Å². The van der Waals surface area contributed by atoms with E-state index in [1.54, 1.807) is 18.2 Å². The zero-order chi connectivity index (χ0) is 28.6. The maximum atomic E-state index is 15.3. The van der Waals surface area contributed by atoms with Gasteiger partial charge in [0.05, 0.1) is 18.3 Å². The molecule has 2 fully saturated rings. The molecule has 2 aromatic rings. The Bertz CT molecular complexity index is 1150. The van der Waals surface area contributed by atoms with Crippen LogP contribution in [-0.4, -0.2) is 29.9 Å². The number of benzene rings is 2. The van der Waals surface area contributed by atoms with Gasteiger partial charge in [-0.25, -0.2) is 18.0 Å². The monoisotopic (exact) mass is 558 g/mol. The summed E-state index contributed by atoms with van der Waals surface area (Å²) in [5.74, 6) is -2.63. The molecule has 0 spiro atoms. The van der Waals surface area contributed by atoms with Gasteiger partial charge in [-0.3, -0.25) is 0 Å². The highest BCUT2D eigenvalue weighted by Crippen LogP contribution is 2.42. The van der Waals surface area contributed by atoms with Gasteiger partial charge >= 0.3 is 5.97 Å². The van der Waals surface area contributed by atoms with E-state index in [-0.39, 0.29) is 41.3 Å². The summed E-state index contributed by atoms with van der Waals surface area (Å²) >= 11 is 0. The molecule has 0 radical (unpaired) electrons. The van der Waals surface area contributed by atoms with Crippen LogP contribution in [0.5, 0.6) is 5.75 Å². The van der Waals surface area contributed by atoms with Crippen LogP contribution in [0.3, 0.4) is 0 Å². The summed E-state index contributed by atoms with van der Waals surface area (Å²) < 4.78 is 55.7. The van der Waals surface area contributed by atoms with E-state index in [1.165, 1.54) is 12.1 Å². The van der Waals surface area contributed by atoms with Crippen molar-refractivity contribution in [2.45, 2.75) is 102 Å². The fourth-order valence-corrected chi connectivity index (χ4v) is 6.26. The van der Waals surface area contributed by atoms with Crippen LogP contribution in [-0.2, 0) is 4.74 Å². The van der Waals surface area contributed by atoms with Crippen LogP contribution in [0, 0.1) is 23.4 Å². The summed E-state index contributed by atoms with van der Waals surface area (Å²) in [6, 6.07) is 7.46. The first-order chi connectivity index (χ1) is 19.3. The molecule has 0 saturated heterocycles. The van der Waals surface area contributed by atoms with Crippen molar-refractivity contribution < 1.29 is 32.5 Å². The Kier molecular flexibility index (Phi) is 10.7. The number of aliphatic hydroxyl groups excluding tert-OH is 1. The molecule has 0 amide bonds. The van der Waals surface area contributed by atoms with Crippen molar-refractivity contribution in [2.75, 3.05) is 6.61 Å². The van der Waals surface area contributed by atoms with Crippen LogP contribution in [0.15, 0.2) is 43.0 Å². The highest BCUT2D eigenvalue weighted by atomic mass is 19.2. The zero-order valence-electron chi connectivity index (χ0n) is 23.3. The average molecular weight is 559 g/mol. The molecule has 2 aromatic carbocycles. The maximum Gasteiger partial charge on any atom is 0.338 e. The lowest BCUT2D eigenvalue weighted by molar-refractivity contribution is 0.0193. The van der Waals surface area contributed by atoms with Gasteiger partial charge in [-0.05, 0) is 111 Å². The SMILES string of the molecule is C=CCCOc1ccc(C(=O)OC2CCC(c3ccc(C4CCC(C(O)CCC)CC4)c(F)c3F)CC2)cc1F. The first-order valence-corrected chi connectivity index (χ1v) is 14.7. The average Bonchev–Trinajstić information content (AvgIpc) is 2.96. The molecule has 0 heterocycles. The number of aliphatic hydroxyl groups is 1. The number of carbonyl (C=O) groups is 1. The van der Waals surface area contributed by atoms with Crippen LogP contribution >= 0.6 is 0 Å². The van der Waals surface area contributed by atoms with Crippen LogP contribution in [0.2, 0.25) is 0 Å². The molecule has 0 aliphatic heterocycles. The van der Waals surface area contributed by atoms with E-state index >= 15 is 8.78 Å². The summed E-state index contributed by atoms with van der Waals surface area (Å²) in [6.45, 7) is 5.94. The molecule has 2 aliphatic rings. The van der Waals surface area contributed by atoms with Crippen LogP contribution in [0.1, 0.15) is 111 Å². The standard InChI is InChI=1S/C33H41F3O4/c1-3-5-19-39-30-18-13-24(20-28(30)34)33(38)40-25-14-11-22(12-15-25)27-17-16-26(31(35)32(27)36)21-7-9-23(10-8-21)29(37)6-4-2/h3,13,16-18,20-23,25,29,37H,1,4-12,14-15,19H2,2H3. The topological polar surface area (TPSA) is 55.8 Å². The molecule has 0 bridgehead atoms. The van der Waals surface area contributed by atoms with Crippen molar-refractivity contribution in [1.29, 1.82) is 0 Å². The fourth-order valence-electron chi connectivity index (χ4n) is 6.26. The third kappa shape index (κ3) is 7.28. The fraction of sp³-hybridized carbons (Fsp3) is 0.545. The highest BCUT2D eigenvalue weighted by molar-refractivity contribution is 5.89. The van der Waals surface area contributed by atoms with Gasteiger partial charge in [-0.2, -0.15) is 0 Å². The Balaban J connectivity index is 1.30. The zero-order valence-corrected chi connectivity index (χ0v) is 23.3. The number of hydrogen-bond acceptors (Lipinski definition) is 4. The lowest BCUT2D eigenvalue weighted by Crippen LogP contribution is -2.26. The van der Waals surface area contributed by atoms with Crippen LogP contribution in [0.4, 0.5) is 13.2 Å². The smallest absolute Gasteiger partial charge is 0.338 e. The van der Waals surface area contributed by atoms with E-state index in [2.05, 4.69) is 13.5 Å². The Labute approximate surface area is 235 Å². The van der Waals surface area contributed by atoms with E-state index in [0.29, 0.717) is 49.8 Å². The molecule has 2 saturated carbocycles. The Morgan fingerprint density at radius 2 is 1.57 bits per heavy atom. The third-order valence-corrected chi connectivity index (χ3v) is 8.62. The number of rotatable bonds is 11. The van der Waals surface area contributed by atoms with Gasteiger partial charge in [-0.15, -0.1) is 6.58 Å². The predicted molar refractivity (Wildman–Crippen MR) is 149 cm³/mol. The molecular weight excluding hydrogens is 517 g/mol. The van der Waals surface area contributed by atoms with E-state index in [1.807, 2.05) is 0 Å². The van der Waals surface area contributed by atoms with E-state index in [9.17, 15) is 14.3 Å². The van der Waals surface area contributed by atoms with Gasteiger partial charge in [0, 0.05) is 0 Å². The lowest BCUT2D eigenvalue weighted by Gasteiger charge is -2.32. The molecule has 4 nitrogen and oxygen atoms in total. The number of esters is 1. The molecule has 218 valence electrons. The summed E-state index contributed by atoms with van der Waals surface area (Å²) in [7, 11) is 0. The Hall–Kier alpha value is -2.80. The molecule has 1 unspecified atom stereocenters. The second kappa shape index (κ2) is 14.2. The van der Waals surface area contributed by atoms with Crippen molar-refractivity contribution in [2.24, 2.45) is 5.92 Å². The molecule has 1 atom stereocenters. The van der Waals surface area contributed by atoms with E-state index in [4.69, 9.17) is 9.47 Å². The molecule has 40 heavy (non-hydrogen) atoms. The van der Waals surface area contributed by atoms with Crippen molar-refractivity contribution in [3.05, 3.63) is 77.1 Å². The van der Waals surface area contributed by atoms with Crippen LogP contribution < -0.4 is 4.74 Å². The largest absolute Gasteiger partial charge is 0.490 e. The molecule has 2 aliphatic carbocycles. The summed E-state index contributed by atoms with van der Waals surface area (Å²) in [5.41, 5.74) is 0.928. The normalized spacial score (nSPS) is 23.8. The third-order valence-electron chi connectivity index (χ3n) is 8.62. The molecule has 0 aromatic heterocycles. The molecule has 1 N–H and O–H groups in total. The first kappa shape index (κ1) is 30.2. The summed E-state index contributed by atoms with van der Waals surface area (Å²) in [6.07, 6.45) is 8.66. The van der Waals surface area contributed by atoms with Gasteiger partial charge in [0.25, 0.3) is 0 Å². The van der Waals surface area contributed by atoms with Crippen molar-refractivity contribution in [3.63, 3.8) is 0 Å². The molecular formula is C33H41F3O4. The van der Waals surface area contributed by atoms with Crippen LogP contribution in [0.25, 0.3) is 0 Å². The minimum absolute atomic E-state index is 0.0265. The van der Waals surface area contributed by atoms with Gasteiger partial charge in [-0.1, -0.05) is 31.6 Å². The van der Waals surface area contributed by atoms with Crippen molar-refractivity contribution in [1.82, 2.24) is 0 Å². The van der Waals surface area contributed by atoms with Gasteiger partial charge in [0.1, 0.15) is 6.10 Å². The number of halogens is 3. The Morgan fingerprint density at radius 1 is 0.975 bits per heavy atom. The van der Waals surface area contributed by atoms with Gasteiger partial charge < -0.3 is 14.6 Å². The minimum Gasteiger partial charge on any atom is -0.490 e. The quantitative estimate of drug-likeness (QED) is 0.171. The van der Waals surface area contributed by atoms with Crippen molar-refractivity contribution in [3.8, 4) is 5.75 Å². The second-order valence-electron chi connectivity index (χ2n) is 11.3. The number of hydrogen-bond donors (Lipinski definition) is 1. The molecule has 7 heteroatoms. The number of carbonyl (C=O) groups excluding carboxylic acids is 1. The van der Waals surface area contributed by atoms with Gasteiger partial charge in [0.15, 0.2) is 23.2 Å². The minimum atomic E-state index is -0.767. The molecule has 4 rings (SSSR count). The summed E-state index contributed by atoms with van der Waals surface area (Å²) in [5, 5.41) is 10.3. The maximum absolute atomic E-state index is 15.3. The second-order valence-corrected chi connectivity index (χ2v) is 11.3. The first-order valence-electron chi connectivity index (χ1n) is 14.7.